The van der Waals surface area contributed by atoms with Crippen molar-refractivity contribution >= 4 is 0 Å². The first-order valence-corrected chi connectivity index (χ1v) is 10.2. The van der Waals surface area contributed by atoms with Crippen LogP contribution >= 0.6 is 0 Å². The molecule has 2 heteroatoms. The second-order valence-electron chi connectivity index (χ2n) is 7.65. The van der Waals surface area contributed by atoms with Crippen molar-refractivity contribution in [3.05, 3.63) is 101 Å². The van der Waals surface area contributed by atoms with Crippen LogP contribution < -0.4 is 4.74 Å². The molecule has 0 heterocycles. The quantitative estimate of drug-likeness (QED) is 0.474. The van der Waals surface area contributed by atoms with Gasteiger partial charge in [0.2, 0.25) is 6.29 Å². The standard InChI is InChI=1S/C26H28O2/c1-4-18(2)19-13-15-22(16-14-19)28-26(27-3)25-23-11-7-5-9-20(23)17-21-10-6-8-12-24(21)25/h5-16,18,25-26H,4,17H2,1-3H3. The van der Waals surface area contributed by atoms with Gasteiger partial charge in [-0.3, -0.25) is 0 Å². The van der Waals surface area contributed by atoms with Crippen molar-refractivity contribution in [2.75, 3.05) is 7.11 Å². The summed E-state index contributed by atoms with van der Waals surface area (Å²) in [5.74, 6) is 1.46. The van der Waals surface area contributed by atoms with Crippen LogP contribution in [0.25, 0.3) is 0 Å². The number of benzene rings is 3. The Morgan fingerprint density at radius 3 is 1.96 bits per heavy atom. The molecule has 1 aliphatic rings. The third-order valence-corrected chi connectivity index (χ3v) is 5.98. The van der Waals surface area contributed by atoms with Gasteiger partial charge in [-0.15, -0.1) is 0 Å². The summed E-state index contributed by atoms with van der Waals surface area (Å²) in [7, 11) is 1.73. The maximum absolute atomic E-state index is 6.36. The molecule has 0 saturated carbocycles. The number of hydrogen-bond donors (Lipinski definition) is 0. The van der Waals surface area contributed by atoms with E-state index in [-0.39, 0.29) is 12.2 Å². The fourth-order valence-corrected chi connectivity index (χ4v) is 4.16. The second-order valence-corrected chi connectivity index (χ2v) is 7.65. The van der Waals surface area contributed by atoms with Gasteiger partial charge >= 0.3 is 0 Å². The van der Waals surface area contributed by atoms with Crippen molar-refractivity contribution in [3.63, 3.8) is 0 Å². The van der Waals surface area contributed by atoms with Gasteiger partial charge in [0.05, 0.1) is 5.92 Å². The van der Waals surface area contributed by atoms with E-state index < -0.39 is 0 Å². The molecule has 2 nitrogen and oxygen atoms in total. The molecule has 3 aromatic rings. The maximum Gasteiger partial charge on any atom is 0.210 e. The molecule has 0 saturated heterocycles. The van der Waals surface area contributed by atoms with E-state index in [1.807, 2.05) is 0 Å². The average molecular weight is 373 g/mol. The van der Waals surface area contributed by atoms with Gasteiger partial charge in [0, 0.05) is 7.11 Å². The summed E-state index contributed by atoms with van der Waals surface area (Å²) < 4.78 is 12.2. The number of ether oxygens (including phenoxy) is 2. The molecular weight excluding hydrogens is 344 g/mol. The van der Waals surface area contributed by atoms with Gasteiger partial charge in [-0.1, -0.05) is 74.5 Å². The molecule has 4 rings (SSSR count). The molecule has 0 fully saturated rings. The third-order valence-electron chi connectivity index (χ3n) is 5.98. The van der Waals surface area contributed by atoms with Crippen LogP contribution in [0.1, 0.15) is 59.9 Å². The molecular formula is C26H28O2. The maximum atomic E-state index is 6.36. The molecule has 0 radical (unpaired) electrons. The van der Waals surface area contributed by atoms with Crippen molar-refractivity contribution in [2.45, 2.75) is 44.8 Å². The van der Waals surface area contributed by atoms with Crippen LogP contribution in [0.3, 0.4) is 0 Å². The number of fused-ring (bicyclic) bond motifs is 2. The molecule has 2 unspecified atom stereocenters. The summed E-state index contributed by atoms with van der Waals surface area (Å²) >= 11 is 0. The molecule has 0 spiro atoms. The lowest BCUT2D eigenvalue weighted by atomic mass is 9.77. The van der Waals surface area contributed by atoms with Gasteiger partial charge in [-0.2, -0.15) is 0 Å². The zero-order valence-corrected chi connectivity index (χ0v) is 16.9. The highest BCUT2D eigenvalue weighted by Gasteiger charge is 2.33. The first-order valence-electron chi connectivity index (χ1n) is 10.2. The minimum Gasteiger partial charge on any atom is -0.464 e. The zero-order chi connectivity index (χ0) is 19.5. The van der Waals surface area contributed by atoms with Gasteiger partial charge in [0.25, 0.3) is 0 Å². The van der Waals surface area contributed by atoms with Crippen LogP contribution in [0.15, 0.2) is 72.8 Å². The number of methoxy groups -OCH3 is 1. The summed E-state index contributed by atoms with van der Waals surface area (Å²) in [5.41, 5.74) is 6.64. The summed E-state index contributed by atoms with van der Waals surface area (Å²) in [6.45, 7) is 4.47. The Hall–Kier alpha value is -2.58. The molecule has 0 bridgehead atoms. The van der Waals surface area contributed by atoms with E-state index in [0.717, 1.165) is 18.6 Å². The SMILES string of the molecule is CCC(C)c1ccc(OC(OC)C2c3ccccc3Cc3ccccc32)cc1. The minimum atomic E-state index is -0.378. The van der Waals surface area contributed by atoms with E-state index in [1.54, 1.807) is 7.11 Å². The first kappa shape index (κ1) is 18.8. The zero-order valence-electron chi connectivity index (χ0n) is 16.9. The number of rotatable bonds is 6. The van der Waals surface area contributed by atoms with Crippen molar-refractivity contribution in [1.82, 2.24) is 0 Å². The van der Waals surface area contributed by atoms with Crippen molar-refractivity contribution in [2.24, 2.45) is 0 Å². The smallest absolute Gasteiger partial charge is 0.210 e. The van der Waals surface area contributed by atoms with Crippen LogP contribution in [0.4, 0.5) is 0 Å². The van der Waals surface area contributed by atoms with Gasteiger partial charge < -0.3 is 9.47 Å². The van der Waals surface area contributed by atoms with Gasteiger partial charge in [0.1, 0.15) is 5.75 Å². The highest BCUT2D eigenvalue weighted by molar-refractivity contribution is 5.49. The van der Waals surface area contributed by atoms with E-state index in [0.29, 0.717) is 5.92 Å². The average Bonchev–Trinajstić information content (AvgIpc) is 2.76. The monoisotopic (exact) mass is 372 g/mol. The fourth-order valence-electron chi connectivity index (χ4n) is 4.16. The lowest BCUT2D eigenvalue weighted by Crippen LogP contribution is -2.31. The minimum absolute atomic E-state index is 0.0559. The fraction of sp³-hybridized carbons (Fsp3) is 0.308. The Morgan fingerprint density at radius 1 is 0.857 bits per heavy atom. The van der Waals surface area contributed by atoms with Crippen molar-refractivity contribution in [1.29, 1.82) is 0 Å². The van der Waals surface area contributed by atoms with Crippen LogP contribution in [-0.4, -0.2) is 13.4 Å². The molecule has 0 aliphatic heterocycles. The first-order chi connectivity index (χ1) is 13.7. The Labute approximate surface area is 168 Å². The van der Waals surface area contributed by atoms with Crippen LogP contribution in [0, 0.1) is 0 Å². The van der Waals surface area contributed by atoms with Gasteiger partial charge in [0.15, 0.2) is 0 Å². The van der Waals surface area contributed by atoms with E-state index in [1.165, 1.54) is 27.8 Å². The molecule has 3 aromatic carbocycles. The van der Waals surface area contributed by atoms with Crippen molar-refractivity contribution in [3.8, 4) is 5.75 Å². The predicted octanol–water partition coefficient (Wildman–Crippen LogP) is 6.29. The highest BCUT2D eigenvalue weighted by Crippen LogP contribution is 2.40. The summed E-state index contributed by atoms with van der Waals surface area (Å²) in [5, 5.41) is 0. The van der Waals surface area contributed by atoms with E-state index in [4.69, 9.17) is 9.47 Å². The van der Waals surface area contributed by atoms with Gasteiger partial charge in [-0.25, -0.2) is 0 Å². The summed E-state index contributed by atoms with van der Waals surface area (Å²) in [6, 6.07) is 25.7. The lowest BCUT2D eigenvalue weighted by molar-refractivity contribution is -0.0642. The third kappa shape index (κ3) is 3.57. The normalized spacial score (nSPS) is 15.4. The molecule has 0 aromatic heterocycles. The molecule has 28 heavy (non-hydrogen) atoms. The number of hydrogen-bond acceptors (Lipinski definition) is 2. The second kappa shape index (κ2) is 8.20. The van der Waals surface area contributed by atoms with E-state index >= 15 is 0 Å². The Kier molecular flexibility index (Phi) is 5.50. The van der Waals surface area contributed by atoms with Crippen LogP contribution in [0.2, 0.25) is 0 Å². The Balaban J connectivity index is 1.67. The van der Waals surface area contributed by atoms with E-state index in [9.17, 15) is 0 Å². The van der Waals surface area contributed by atoms with E-state index in [2.05, 4.69) is 86.6 Å². The molecule has 0 amide bonds. The van der Waals surface area contributed by atoms with Crippen LogP contribution in [0.5, 0.6) is 5.75 Å². The summed E-state index contributed by atoms with van der Waals surface area (Å²) in [6.07, 6.45) is 1.72. The molecule has 2 atom stereocenters. The molecule has 1 aliphatic carbocycles. The largest absolute Gasteiger partial charge is 0.464 e. The van der Waals surface area contributed by atoms with Crippen LogP contribution in [-0.2, 0) is 11.2 Å². The Morgan fingerprint density at radius 2 is 1.43 bits per heavy atom. The predicted molar refractivity (Wildman–Crippen MR) is 114 cm³/mol. The lowest BCUT2D eigenvalue weighted by Gasteiger charge is -2.33. The molecule has 0 N–H and O–H groups in total. The topological polar surface area (TPSA) is 18.5 Å². The Bertz CT molecular complexity index is 884. The van der Waals surface area contributed by atoms with Gasteiger partial charge in [-0.05, 0) is 58.7 Å². The summed E-state index contributed by atoms with van der Waals surface area (Å²) in [4.78, 5) is 0. The van der Waals surface area contributed by atoms with Crippen molar-refractivity contribution < 1.29 is 9.47 Å². The highest BCUT2D eigenvalue weighted by atomic mass is 16.7. The molecule has 144 valence electrons.